The highest BCUT2D eigenvalue weighted by atomic mass is 16.6. The van der Waals surface area contributed by atoms with E-state index in [2.05, 4.69) is 72.7 Å². The average Bonchev–Trinajstić information content (AvgIpc) is 3.29. The summed E-state index contributed by atoms with van der Waals surface area (Å²) in [6.45, 7) is 17.1. The van der Waals surface area contributed by atoms with Crippen molar-refractivity contribution in [3.05, 3.63) is 29.8 Å². The second-order valence-corrected chi connectivity index (χ2v) is 13.4. The molecule has 4 unspecified atom stereocenters. The van der Waals surface area contributed by atoms with Gasteiger partial charge in [-0.25, -0.2) is 0 Å². The molecule has 33 heavy (non-hydrogen) atoms. The van der Waals surface area contributed by atoms with Crippen LogP contribution in [-0.2, 0) is 9.47 Å². The third-order valence-electron chi connectivity index (χ3n) is 12.0. The molecule has 0 heterocycles. The molecule has 0 aliphatic heterocycles. The van der Waals surface area contributed by atoms with Gasteiger partial charge in [0.25, 0.3) is 0 Å². The maximum atomic E-state index is 7.11. The van der Waals surface area contributed by atoms with Gasteiger partial charge >= 0.3 is 0 Å². The summed E-state index contributed by atoms with van der Waals surface area (Å²) in [6.07, 6.45) is 8.20. The zero-order valence-corrected chi connectivity index (χ0v) is 22.2. The molecule has 8 atom stereocenters. The van der Waals surface area contributed by atoms with Crippen molar-refractivity contribution in [2.75, 3.05) is 7.11 Å². The lowest BCUT2D eigenvalue weighted by molar-refractivity contribution is -0.168. The smallest absolute Gasteiger partial charge is 0.118 e. The first kappa shape index (κ1) is 23.7. The third-order valence-corrected chi connectivity index (χ3v) is 12.0. The van der Waals surface area contributed by atoms with Crippen LogP contribution < -0.4 is 4.74 Å². The molecule has 4 aliphatic rings. The van der Waals surface area contributed by atoms with Gasteiger partial charge in [0.1, 0.15) is 11.9 Å². The molecule has 1 aromatic rings. The van der Waals surface area contributed by atoms with Crippen molar-refractivity contribution in [1.82, 2.24) is 0 Å². The number of methoxy groups -OCH3 is 1. The zero-order valence-electron chi connectivity index (χ0n) is 22.2. The van der Waals surface area contributed by atoms with E-state index in [1.807, 2.05) is 0 Å². The molecule has 0 radical (unpaired) electrons. The van der Waals surface area contributed by atoms with E-state index in [9.17, 15) is 0 Å². The first-order valence-electron chi connectivity index (χ1n) is 13.4. The molecule has 5 rings (SSSR count). The van der Waals surface area contributed by atoms with Gasteiger partial charge in [-0.1, -0.05) is 53.7 Å². The van der Waals surface area contributed by atoms with Crippen LogP contribution in [0.4, 0.5) is 0 Å². The van der Waals surface area contributed by atoms with Crippen LogP contribution in [0.2, 0.25) is 0 Å². The Hall–Kier alpha value is -1.06. The topological polar surface area (TPSA) is 27.7 Å². The first-order chi connectivity index (χ1) is 15.4. The number of rotatable bonds is 7. The summed E-state index contributed by atoms with van der Waals surface area (Å²) < 4.78 is 19.5. The highest BCUT2D eigenvalue weighted by Crippen LogP contribution is 2.68. The molecule has 4 aliphatic carbocycles. The van der Waals surface area contributed by atoms with Crippen LogP contribution >= 0.6 is 0 Å². The van der Waals surface area contributed by atoms with Crippen LogP contribution in [0.5, 0.6) is 5.75 Å². The molecular formula is C30H46O3. The van der Waals surface area contributed by atoms with Crippen LogP contribution in [0, 0.1) is 33.5 Å². The summed E-state index contributed by atoms with van der Waals surface area (Å²) in [7, 11) is 1.73. The Morgan fingerprint density at radius 2 is 1.24 bits per heavy atom. The maximum absolute atomic E-state index is 7.11. The van der Waals surface area contributed by atoms with E-state index in [0.29, 0.717) is 16.9 Å². The van der Waals surface area contributed by atoms with Gasteiger partial charge in [0.15, 0.2) is 0 Å². The normalized spacial score (nSPS) is 41.9. The van der Waals surface area contributed by atoms with Gasteiger partial charge in [0.2, 0.25) is 0 Å². The molecule has 0 spiro atoms. The zero-order chi connectivity index (χ0) is 23.8. The van der Waals surface area contributed by atoms with Crippen molar-refractivity contribution in [3.63, 3.8) is 0 Å². The van der Waals surface area contributed by atoms with E-state index >= 15 is 0 Å². The monoisotopic (exact) mass is 454 g/mol. The summed E-state index contributed by atoms with van der Waals surface area (Å²) in [5.41, 5.74) is 2.41. The van der Waals surface area contributed by atoms with E-state index < -0.39 is 0 Å². The summed E-state index contributed by atoms with van der Waals surface area (Å²) in [5.74, 6) is 2.44. The van der Waals surface area contributed by atoms with Crippen molar-refractivity contribution in [1.29, 1.82) is 0 Å². The molecule has 4 fully saturated rings. The number of benzene rings is 1. The van der Waals surface area contributed by atoms with Crippen molar-refractivity contribution in [2.24, 2.45) is 33.5 Å². The predicted octanol–water partition coefficient (Wildman–Crippen LogP) is 7.59. The molecule has 184 valence electrons. The Balaban J connectivity index is 1.40. The fraction of sp³-hybridized carbons (Fsp3) is 0.800. The largest absolute Gasteiger partial charge is 0.497 e. The molecule has 4 bridgehead atoms. The summed E-state index contributed by atoms with van der Waals surface area (Å²) in [6, 6.07) is 8.48. The van der Waals surface area contributed by atoms with Crippen molar-refractivity contribution in [2.45, 2.75) is 111 Å². The van der Waals surface area contributed by atoms with E-state index in [-0.39, 0.29) is 29.1 Å². The Morgan fingerprint density at radius 1 is 0.758 bits per heavy atom. The lowest BCUT2D eigenvalue weighted by Crippen LogP contribution is -2.42. The Kier molecular flexibility index (Phi) is 5.54. The van der Waals surface area contributed by atoms with Crippen molar-refractivity contribution in [3.8, 4) is 5.75 Å². The van der Waals surface area contributed by atoms with Crippen molar-refractivity contribution < 1.29 is 14.2 Å². The van der Waals surface area contributed by atoms with Gasteiger partial charge in [-0.3, -0.25) is 0 Å². The number of fused-ring (bicyclic) bond motifs is 4. The second kappa shape index (κ2) is 7.72. The van der Waals surface area contributed by atoms with Gasteiger partial charge in [0, 0.05) is 0 Å². The van der Waals surface area contributed by atoms with Gasteiger partial charge < -0.3 is 14.2 Å². The van der Waals surface area contributed by atoms with E-state index in [1.54, 1.807) is 7.11 Å². The van der Waals surface area contributed by atoms with Crippen molar-refractivity contribution >= 4 is 0 Å². The molecule has 1 aromatic carbocycles. The molecule has 0 aromatic heterocycles. The minimum Gasteiger partial charge on any atom is -0.497 e. The van der Waals surface area contributed by atoms with Crippen LogP contribution in [0.1, 0.15) is 98.7 Å². The average molecular weight is 455 g/mol. The standard InChI is InChI=1S/C30H46O3/c1-19(32-24-17-21-13-15-29(24,6)27(21,2)3)26(20-9-11-23(31-8)12-10-20)33-25-18-22-14-16-30(25,7)28(22,4)5/h9-12,19,21-22,24-26H,13-18H2,1-8H3/t19-,21?,22?,24+,25+,26-,29?,30?/m1/s1. The molecule has 3 heteroatoms. The Morgan fingerprint density at radius 3 is 1.64 bits per heavy atom. The lowest BCUT2D eigenvalue weighted by Gasteiger charge is -2.43. The number of hydrogen-bond acceptors (Lipinski definition) is 3. The minimum atomic E-state index is -0.0567. The first-order valence-corrected chi connectivity index (χ1v) is 13.4. The van der Waals surface area contributed by atoms with Gasteiger partial charge in [0.05, 0.1) is 25.4 Å². The minimum absolute atomic E-state index is 0.0150. The quantitative estimate of drug-likeness (QED) is 0.425. The van der Waals surface area contributed by atoms with E-state index in [1.165, 1.54) is 44.1 Å². The highest BCUT2D eigenvalue weighted by Gasteiger charge is 2.64. The van der Waals surface area contributed by atoms with E-state index in [0.717, 1.165) is 17.6 Å². The Labute approximate surface area is 202 Å². The molecular weight excluding hydrogens is 408 g/mol. The van der Waals surface area contributed by atoms with Crippen LogP contribution in [0.3, 0.4) is 0 Å². The maximum Gasteiger partial charge on any atom is 0.118 e. The third kappa shape index (κ3) is 3.28. The molecule has 0 N–H and O–H groups in total. The van der Waals surface area contributed by atoms with Gasteiger partial charge in [-0.15, -0.1) is 0 Å². The lowest BCUT2D eigenvalue weighted by atomic mass is 9.70. The van der Waals surface area contributed by atoms with Gasteiger partial charge in [-0.2, -0.15) is 0 Å². The predicted molar refractivity (Wildman–Crippen MR) is 133 cm³/mol. The summed E-state index contributed by atoms with van der Waals surface area (Å²) in [5, 5.41) is 0. The fourth-order valence-electron chi connectivity index (χ4n) is 8.43. The second-order valence-electron chi connectivity index (χ2n) is 13.4. The van der Waals surface area contributed by atoms with Crippen LogP contribution in [0.25, 0.3) is 0 Å². The molecule has 0 saturated heterocycles. The summed E-state index contributed by atoms with van der Waals surface area (Å²) in [4.78, 5) is 0. The van der Waals surface area contributed by atoms with E-state index in [4.69, 9.17) is 14.2 Å². The number of ether oxygens (including phenoxy) is 3. The van der Waals surface area contributed by atoms with Crippen LogP contribution in [-0.4, -0.2) is 25.4 Å². The molecule has 4 saturated carbocycles. The highest BCUT2D eigenvalue weighted by molar-refractivity contribution is 5.29. The molecule has 0 amide bonds. The SMILES string of the molecule is COc1ccc([C@H](O[C@H]2CC3CCC2(C)C3(C)C)[C@@H](C)O[C@H]2CC3CCC2(C)C3(C)C)cc1. The fourth-order valence-corrected chi connectivity index (χ4v) is 8.43. The number of hydrogen-bond donors (Lipinski definition) is 0. The molecule has 3 nitrogen and oxygen atoms in total. The van der Waals surface area contributed by atoms with Crippen LogP contribution in [0.15, 0.2) is 24.3 Å². The van der Waals surface area contributed by atoms with Gasteiger partial charge in [-0.05, 0) is 96.6 Å². The Bertz CT molecular complexity index is 873. The summed E-state index contributed by atoms with van der Waals surface area (Å²) >= 11 is 0.